The third kappa shape index (κ3) is 13.7. The number of aromatic nitrogens is 3. The Morgan fingerprint density at radius 2 is 1.64 bits per heavy atom. The molecule has 2 aromatic heterocycles. The Morgan fingerprint density at radius 3 is 2.31 bits per heavy atom. The van der Waals surface area contributed by atoms with Crippen LogP contribution in [-0.4, -0.2) is 164 Å². The Labute approximate surface area is 491 Å². The largest absolute Gasteiger partial charge is 0.467 e. The van der Waals surface area contributed by atoms with Gasteiger partial charge in [-0.25, -0.2) is 13.6 Å². The molecule has 1 N–H and O–H groups in total. The molecule has 84 heavy (non-hydrogen) atoms. The maximum absolute atomic E-state index is 16.3. The lowest BCUT2D eigenvalue weighted by Gasteiger charge is -2.42. The third-order valence-electron chi connectivity index (χ3n) is 17.3. The molecule has 6 aliphatic rings. The van der Waals surface area contributed by atoms with E-state index in [-0.39, 0.29) is 53.3 Å². The summed E-state index contributed by atoms with van der Waals surface area (Å²) in [4.78, 5) is 84.6. The number of pyridine rings is 1. The van der Waals surface area contributed by atoms with Gasteiger partial charge in [-0.1, -0.05) is 49.1 Å². The Kier molecular flexibility index (Phi) is 19.7. The van der Waals surface area contributed by atoms with Crippen molar-refractivity contribution in [3.63, 3.8) is 0 Å². The summed E-state index contributed by atoms with van der Waals surface area (Å²) in [6, 6.07) is 14.9. The number of nitrogens with one attached hydrogen (secondary N) is 1. The van der Waals surface area contributed by atoms with Gasteiger partial charge in [0.05, 0.1) is 48.1 Å². The normalized spacial score (nSPS) is 21.4. The SMILES string of the molecule is C#Cc1c(F)ccc2cccc(-c3ncc4c(N5CC6CCC(C5)N6C(=O)OC(C)(C)C)nc(OC)nc4c3F)c12.CN(C)c1cc(CCCCC2CCN(C=O)CC2)ccc1N(C=O)C1CCC(=O)NC1=O.COCC1CCC2CCCN21. The number of aryl methyl sites for hydroxylation is 1. The Morgan fingerprint density at radius 1 is 0.893 bits per heavy atom. The minimum Gasteiger partial charge on any atom is -0.467 e. The zero-order valence-electron chi connectivity index (χ0n) is 49.6. The third-order valence-corrected chi connectivity index (χ3v) is 17.3. The number of benzene rings is 3. The van der Waals surface area contributed by atoms with Crippen LogP contribution in [0.5, 0.6) is 6.01 Å². The van der Waals surface area contributed by atoms with Crippen LogP contribution >= 0.6 is 0 Å². The lowest BCUT2D eigenvalue weighted by atomic mass is 9.91. The summed E-state index contributed by atoms with van der Waals surface area (Å²) in [5.41, 5.74) is 2.56. The molecule has 448 valence electrons. The number of nitrogens with zero attached hydrogens (tertiary/aromatic N) is 9. The topological polar surface area (TPSA) is 183 Å². The Bertz CT molecular complexity index is 3240. The molecule has 6 aliphatic heterocycles. The van der Waals surface area contributed by atoms with Crippen molar-refractivity contribution in [3.8, 4) is 29.6 Å². The molecule has 3 aromatic carbocycles. The highest BCUT2D eigenvalue weighted by Gasteiger charge is 2.45. The van der Waals surface area contributed by atoms with Gasteiger partial charge in [0.25, 0.3) is 0 Å². The number of carbonyl (C=O) groups is 5. The molecule has 11 rings (SSSR count). The van der Waals surface area contributed by atoms with Crippen LogP contribution < -0.4 is 24.8 Å². The fraction of sp³-hybridized carbons (Fsp3) is 0.531. The number of methoxy groups -OCH3 is 2. The number of imide groups is 1. The summed E-state index contributed by atoms with van der Waals surface area (Å²) in [5, 5.41) is 3.80. The van der Waals surface area contributed by atoms with Crippen LogP contribution in [0.1, 0.15) is 115 Å². The second-order valence-electron chi connectivity index (χ2n) is 24.1. The van der Waals surface area contributed by atoms with Crippen molar-refractivity contribution >= 4 is 69.6 Å². The van der Waals surface area contributed by atoms with Crippen LogP contribution in [0, 0.1) is 29.9 Å². The molecule has 20 heteroatoms. The van der Waals surface area contributed by atoms with E-state index in [1.807, 2.05) is 73.7 Å². The van der Waals surface area contributed by atoms with E-state index in [0.717, 1.165) is 88.8 Å². The average molecular weight is 1160 g/mol. The predicted molar refractivity (Wildman–Crippen MR) is 320 cm³/mol. The van der Waals surface area contributed by atoms with Gasteiger partial charge in [0.2, 0.25) is 24.6 Å². The van der Waals surface area contributed by atoms with Gasteiger partial charge >= 0.3 is 12.1 Å². The smallest absolute Gasteiger partial charge is 0.410 e. The number of carbonyl (C=O) groups excluding carboxylic acids is 5. The first-order valence-electron chi connectivity index (χ1n) is 29.6. The van der Waals surface area contributed by atoms with Gasteiger partial charge in [0, 0.05) is 83.0 Å². The first-order chi connectivity index (χ1) is 40.4. The number of hydrogen-bond donors (Lipinski definition) is 1. The van der Waals surface area contributed by atoms with Gasteiger partial charge in [-0.15, -0.1) is 6.42 Å². The van der Waals surface area contributed by atoms with E-state index >= 15 is 4.39 Å². The van der Waals surface area contributed by atoms with Gasteiger partial charge in [-0.2, -0.15) is 9.97 Å². The molecule has 5 aromatic rings. The number of amides is 5. The van der Waals surface area contributed by atoms with Gasteiger partial charge in [-0.05, 0) is 133 Å². The van der Waals surface area contributed by atoms with Crippen molar-refractivity contribution in [1.29, 1.82) is 0 Å². The van der Waals surface area contributed by atoms with E-state index in [9.17, 15) is 28.4 Å². The Hall–Kier alpha value is -7.50. The summed E-state index contributed by atoms with van der Waals surface area (Å²) in [6.45, 7) is 10.5. The quantitative estimate of drug-likeness (QED) is 0.0453. The molecule has 18 nitrogen and oxygen atoms in total. The lowest BCUT2D eigenvalue weighted by Crippen LogP contribution is -2.57. The maximum Gasteiger partial charge on any atom is 0.410 e. The van der Waals surface area contributed by atoms with E-state index in [1.165, 1.54) is 68.5 Å². The number of anilines is 3. The van der Waals surface area contributed by atoms with Gasteiger partial charge in [-0.3, -0.25) is 39.3 Å². The van der Waals surface area contributed by atoms with E-state index in [4.69, 9.17) is 20.6 Å². The standard InChI is InChI=1S/C31H29F2N5O3.C24H34N4O4.C9H17NO/c1-6-20-23(32)13-10-17-8-7-9-21(24(17)20)26-25(33)27-22(14-34-26)28(36-29(35-27)40-5)37-15-18-11-12-19(16-37)38(18)30(39)41-31(2,3)4;1-26(2)22-15-19(6-4-3-5-18-11-13-27(16-29)14-12-18)7-8-20(22)28(17-30)21-9-10-23(31)25-24(21)32;1-11-7-9-5-4-8-3-2-6-10(8)9/h1,7-10,13-14,18-19H,11-12,15-16H2,2-5H3;7-8,15-18,21H,3-6,9-14H2,1-2H3,(H,25,31,32);8-9H,2-7H2,1H3. The zero-order chi connectivity index (χ0) is 59.8. The van der Waals surface area contributed by atoms with Gasteiger partial charge < -0.3 is 33.8 Å². The summed E-state index contributed by atoms with van der Waals surface area (Å²) in [5.74, 6) is 1.59. The van der Waals surface area contributed by atoms with Gasteiger partial charge in [0.15, 0.2) is 5.82 Å². The van der Waals surface area contributed by atoms with Crippen LogP contribution in [0.15, 0.2) is 54.7 Å². The molecule has 5 amide bonds. The summed E-state index contributed by atoms with van der Waals surface area (Å²) >= 11 is 0. The number of hydrogen-bond acceptors (Lipinski definition) is 14. The van der Waals surface area contributed by atoms with Crippen molar-refractivity contribution in [3.05, 3.63) is 77.5 Å². The number of halogens is 2. The summed E-state index contributed by atoms with van der Waals surface area (Å²) in [6.07, 6.45) is 22.9. The van der Waals surface area contributed by atoms with Crippen LogP contribution in [0.25, 0.3) is 32.9 Å². The lowest BCUT2D eigenvalue weighted by molar-refractivity contribution is -0.135. The highest BCUT2D eigenvalue weighted by molar-refractivity contribution is 6.05. The minimum absolute atomic E-state index is 0.00116. The first kappa shape index (κ1) is 61.1. The highest BCUT2D eigenvalue weighted by Crippen LogP contribution is 2.40. The first-order valence-corrected chi connectivity index (χ1v) is 29.6. The highest BCUT2D eigenvalue weighted by atomic mass is 19.1. The van der Waals surface area contributed by atoms with Crippen molar-refractivity contribution in [2.24, 2.45) is 5.92 Å². The maximum atomic E-state index is 16.3. The fourth-order valence-corrected chi connectivity index (χ4v) is 13.1. The monoisotopic (exact) mass is 1150 g/mol. The molecule has 6 saturated heterocycles. The van der Waals surface area contributed by atoms with Crippen molar-refractivity contribution in [1.82, 2.24) is 35.0 Å². The molecule has 0 spiro atoms. The van der Waals surface area contributed by atoms with E-state index in [1.54, 1.807) is 24.3 Å². The van der Waals surface area contributed by atoms with Crippen LogP contribution in [0.4, 0.5) is 30.8 Å². The molecule has 8 heterocycles. The number of likely N-dealkylation sites (tertiary alicyclic amines) is 1. The zero-order valence-corrected chi connectivity index (χ0v) is 49.6. The number of ether oxygens (including phenoxy) is 3. The molecule has 0 saturated carbocycles. The van der Waals surface area contributed by atoms with Crippen LogP contribution in [-0.2, 0) is 35.1 Å². The van der Waals surface area contributed by atoms with Crippen LogP contribution in [0.2, 0.25) is 0 Å². The number of piperazine rings is 1. The van der Waals surface area contributed by atoms with Gasteiger partial charge in [0.1, 0.15) is 34.5 Å². The molecule has 0 aliphatic carbocycles. The second-order valence-corrected chi connectivity index (χ2v) is 24.1. The van der Waals surface area contributed by atoms with Crippen molar-refractivity contribution in [2.75, 3.05) is 82.3 Å². The minimum atomic E-state index is -0.695. The Balaban J connectivity index is 0.000000174. The number of fused-ring (bicyclic) bond motifs is 5. The molecular formula is C64H80F2N10O8. The number of piperidine rings is 2. The summed E-state index contributed by atoms with van der Waals surface area (Å²) in [7, 11) is 7.06. The number of rotatable bonds is 15. The molecular weight excluding hydrogens is 1070 g/mol. The summed E-state index contributed by atoms with van der Waals surface area (Å²) < 4.78 is 47.2. The van der Waals surface area contributed by atoms with E-state index < -0.39 is 29.2 Å². The van der Waals surface area contributed by atoms with Crippen molar-refractivity contribution in [2.45, 2.75) is 146 Å². The van der Waals surface area contributed by atoms with Crippen molar-refractivity contribution < 1.29 is 47.0 Å². The molecule has 5 unspecified atom stereocenters. The molecule has 5 atom stereocenters. The molecule has 0 radical (unpaired) electrons. The van der Waals surface area contributed by atoms with Crippen LogP contribution in [0.3, 0.4) is 0 Å². The number of terminal acetylenes is 1. The number of unbranched alkanes of at least 4 members (excludes halogenated alkanes) is 1. The predicted octanol–water partition coefficient (Wildman–Crippen LogP) is 9.06. The second kappa shape index (κ2) is 27.0. The molecule has 6 fully saturated rings. The average Bonchev–Trinajstić information content (AvgIpc) is 2.09. The molecule has 2 bridgehead atoms. The fourth-order valence-electron chi connectivity index (χ4n) is 13.1. The van der Waals surface area contributed by atoms with E-state index in [2.05, 4.69) is 37.2 Å². The van der Waals surface area contributed by atoms with E-state index in [0.29, 0.717) is 65.1 Å².